The first-order chi connectivity index (χ1) is 6.68. The zero-order chi connectivity index (χ0) is 10.0. The highest BCUT2D eigenvalue weighted by molar-refractivity contribution is 5.19. The Balaban J connectivity index is 1.99. The molecule has 1 aliphatic carbocycles. The van der Waals surface area contributed by atoms with Gasteiger partial charge in [0.2, 0.25) is 0 Å². The SMILES string of the molecule is FC(F)(COC1CC1)c1c[c]ccc1. The molecule has 1 aromatic carbocycles. The van der Waals surface area contributed by atoms with Gasteiger partial charge in [0.1, 0.15) is 6.61 Å². The number of hydrogen-bond acceptors (Lipinski definition) is 1. The monoisotopic (exact) mass is 197 g/mol. The predicted octanol–water partition coefficient (Wildman–Crippen LogP) is 2.76. The average Bonchev–Trinajstić information content (AvgIpc) is 3.00. The van der Waals surface area contributed by atoms with Crippen LogP contribution in [0.2, 0.25) is 0 Å². The van der Waals surface area contributed by atoms with Crippen LogP contribution in [0, 0.1) is 6.07 Å². The van der Waals surface area contributed by atoms with E-state index in [1.165, 1.54) is 12.1 Å². The fraction of sp³-hybridized carbons (Fsp3) is 0.455. The van der Waals surface area contributed by atoms with Crippen LogP contribution in [0.4, 0.5) is 8.78 Å². The molecular weight excluding hydrogens is 186 g/mol. The lowest BCUT2D eigenvalue weighted by atomic mass is 10.1. The van der Waals surface area contributed by atoms with Gasteiger partial charge in [0, 0.05) is 5.56 Å². The summed E-state index contributed by atoms with van der Waals surface area (Å²) in [6, 6.07) is 8.49. The first-order valence-corrected chi connectivity index (χ1v) is 4.64. The third-order valence-corrected chi connectivity index (χ3v) is 2.15. The maximum Gasteiger partial charge on any atom is 0.296 e. The quantitative estimate of drug-likeness (QED) is 0.721. The van der Waals surface area contributed by atoms with Crippen LogP contribution in [0.1, 0.15) is 18.4 Å². The zero-order valence-electron chi connectivity index (χ0n) is 7.67. The first kappa shape index (κ1) is 9.59. The molecule has 1 radical (unpaired) electrons. The van der Waals surface area contributed by atoms with E-state index < -0.39 is 12.5 Å². The second-order valence-corrected chi connectivity index (χ2v) is 3.51. The van der Waals surface area contributed by atoms with Crippen molar-refractivity contribution < 1.29 is 13.5 Å². The molecule has 0 atom stereocenters. The number of rotatable bonds is 4. The van der Waals surface area contributed by atoms with Crippen LogP contribution in [0.25, 0.3) is 0 Å². The minimum atomic E-state index is -2.89. The number of hydrogen-bond donors (Lipinski definition) is 0. The lowest BCUT2D eigenvalue weighted by molar-refractivity contribution is -0.0873. The van der Waals surface area contributed by atoms with Crippen LogP contribution in [0.15, 0.2) is 24.3 Å². The van der Waals surface area contributed by atoms with Crippen LogP contribution < -0.4 is 0 Å². The summed E-state index contributed by atoms with van der Waals surface area (Å²) in [5.41, 5.74) is -0.0272. The molecule has 0 unspecified atom stereocenters. The van der Waals surface area contributed by atoms with Crippen molar-refractivity contribution in [3.8, 4) is 0 Å². The molecule has 1 saturated carbocycles. The van der Waals surface area contributed by atoms with Crippen molar-refractivity contribution in [2.75, 3.05) is 6.61 Å². The Morgan fingerprint density at radius 1 is 1.50 bits per heavy atom. The molecule has 0 N–H and O–H groups in total. The van der Waals surface area contributed by atoms with E-state index in [0.29, 0.717) is 0 Å². The van der Waals surface area contributed by atoms with Crippen LogP contribution >= 0.6 is 0 Å². The zero-order valence-corrected chi connectivity index (χ0v) is 7.67. The van der Waals surface area contributed by atoms with Crippen LogP contribution in [-0.4, -0.2) is 12.7 Å². The van der Waals surface area contributed by atoms with E-state index in [9.17, 15) is 8.78 Å². The summed E-state index contributed by atoms with van der Waals surface area (Å²) >= 11 is 0. The smallest absolute Gasteiger partial charge is 0.296 e. The van der Waals surface area contributed by atoms with Gasteiger partial charge in [-0.3, -0.25) is 0 Å². The number of halogens is 2. The fourth-order valence-corrected chi connectivity index (χ4v) is 1.16. The van der Waals surface area contributed by atoms with Crippen molar-refractivity contribution >= 4 is 0 Å². The largest absolute Gasteiger partial charge is 0.372 e. The second-order valence-electron chi connectivity index (χ2n) is 3.51. The van der Waals surface area contributed by atoms with E-state index in [1.807, 2.05) is 0 Å². The predicted molar refractivity (Wildman–Crippen MR) is 48.1 cm³/mol. The van der Waals surface area contributed by atoms with E-state index in [-0.39, 0.29) is 11.7 Å². The molecule has 0 aromatic heterocycles. The summed E-state index contributed by atoms with van der Waals surface area (Å²) < 4.78 is 31.8. The van der Waals surface area contributed by atoms with Crippen molar-refractivity contribution in [2.24, 2.45) is 0 Å². The van der Waals surface area contributed by atoms with Gasteiger partial charge in [0.25, 0.3) is 5.92 Å². The number of ether oxygens (including phenoxy) is 1. The summed E-state index contributed by atoms with van der Waals surface area (Å²) in [5.74, 6) is -2.89. The van der Waals surface area contributed by atoms with Gasteiger partial charge in [0.05, 0.1) is 6.10 Å². The minimum absolute atomic E-state index is 0.0272. The maximum absolute atomic E-state index is 13.4. The van der Waals surface area contributed by atoms with Gasteiger partial charge in [-0.05, 0) is 25.0 Å². The Morgan fingerprint density at radius 3 is 2.86 bits per heavy atom. The van der Waals surface area contributed by atoms with Crippen molar-refractivity contribution in [2.45, 2.75) is 24.9 Å². The van der Waals surface area contributed by atoms with Gasteiger partial charge in [-0.1, -0.05) is 18.2 Å². The standard InChI is InChI=1S/C11H11F2O/c12-11(13,8-14-10-6-7-10)9-4-2-1-3-5-9/h1-2,4-5,10H,6-8H2. The molecule has 14 heavy (non-hydrogen) atoms. The normalized spacial score (nSPS) is 17.0. The van der Waals surface area contributed by atoms with Gasteiger partial charge < -0.3 is 4.74 Å². The Morgan fingerprint density at radius 2 is 2.29 bits per heavy atom. The summed E-state index contributed by atoms with van der Waals surface area (Å²) in [4.78, 5) is 0. The van der Waals surface area contributed by atoms with Gasteiger partial charge in [-0.25, -0.2) is 0 Å². The van der Waals surface area contributed by atoms with Crippen molar-refractivity contribution in [1.29, 1.82) is 0 Å². The van der Waals surface area contributed by atoms with Crippen LogP contribution in [0.3, 0.4) is 0 Å². The van der Waals surface area contributed by atoms with Gasteiger partial charge >= 0.3 is 0 Å². The Labute approximate surface area is 81.7 Å². The summed E-state index contributed by atoms with van der Waals surface area (Å²) in [6.07, 6.45) is 1.89. The Kier molecular flexibility index (Phi) is 2.50. The van der Waals surface area contributed by atoms with E-state index in [4.69, 9.17) is 4.74 Å². The average molecular weight is 197 g/mol. The third kappa shape index (κ3) is 2.29. The number of alkyl halides is 2. The molecular formula is C11H11F2O. The molecule has 1 aliphatic rings. The lowest BCUT2D eigenvalue weighted by Crippen LogP contribution is -2.21. The Bertz CT molecular complexity index is 293. The number of benzene rings is 1. The van der Waals surface area contributed by atoms with Gasteiger partial charge in [-0.15, -0.1) is 0 Å². The molecule has 0 amide bonds. The van der Waals surface area contributed by atoms with Crippen LogP contribution in [0.5, 0.6) is 0 Å². The maximum atomic E-state index is 13.4. The molecule has 1 aromatic rings. The molecule has 0 bridgehead atoms. The molecule has 0 heterocycles. The molecule has 1 fully saturated rings. The molecule has 0 spiro atoms. The van der Waals surface area contributed by atoms with Gasteiger partial charge in [0.15, 0.2) is 0 Å². The minimum Gasteiger partial charge on any atom is -0.372 e. The van der Waals surface area contributed by atoms with E-state index in [2.05, 4.69) is 6.07 Å². The van der Waals surface area contributed by atoms with Crippen molar-refractivity contribution in [3.05, 3.63) is 35.9 Å². The second kappa shape index (κ2) is 3.65. The molecule has 2 rings (SSSR count). The van der Waals surface area contributed by atoms with E-state index in [0.717, 1.165) is 12.8 Å². The molecule has 0 aliphatic heterocycles. The molecule has 0 saturated heterocycles. The molecule has 3 heteroatoms. The van der Waals surface area contributed by atoms with E-state index >= 15 is 0 Å². The highest BCUT2D eigenvalue weighted by Crippen LogP contribution is 2.31. The topological polar surface area (TPSA) is 9.23 Å². The highest BCUT2D eigenvalue weighted by atomic mass is 19.3. The third-order valence-electron chi connectivity index (χ3n) is 2.15. The highest BCUT2D eigenvalue weighted by Gasteiger charge is 2.34. The first-order valence-electron chi connectivity index (χ1n) is 4.64. The summed E-state index contributed by atoms with van der Waals surface area (Å²) in [7, 11) is 0. The summed E-state index contributed by atoms with van der Waals surface area (Å²) in [5, 5.41) is 0. The Hall–Kier alpha value is -0.960. The summed E-state index contributed by atoms with van der Waals surface area (Å²) in [6.45, 7) is -0.518. The van der Waals surface area contributed by atoms with Crippen LogP contribution in [-0.2, 0) is 10.7 Å². The van der Waals surface area contributed by atoms with Gasteiger partial charge in [-0.2, -0.15) is 8.78 Å². The van der Waals surface area contributed by atoms with Crippen molar-refractivity contribution in [3.63, 3.8) is 0 Å². The van der Waals surface area contributed by atoms with Crippen molar-refractivity contribution in [1.82, 2.24) is 0 Å². The molecule has 75 valence electrons. The lowest BCUT2D eigenvalue weighted by Gasteiger charge is -2.16. The molecule has 1 nitrogen and oxygen atoms in total. The fourth-order valence-electron chi connectivity index (χ4n) is 1.16. The van der Waals surface area contributed by atoms with E-state index in [1.54, 1.807) is 12.1 Å².